The Morgan fingerprint density at radius 1 is 1.08 bits per heavy atom. The highest BCUT2D eigenvalue weighted by molar-refractivity contribution is 8.18. The zero-order chi connectivity index (χ0) is 25.5. The minimum Gasteiger partial charge on any atom is -0.488 e. The zero-order valence-electron chi connectivity index (χ0n) is 19.8. The molecule has 180 valence electrons. The van der Waals surface area contributed by atoms with Gasteiger partial charge < -0.3 is 9.47 Å². The van der Waals surface area contributed by atoms with Gasteiger partial charge in [0.15, 0.2) is 5.17 Å². The van der Waals surface area contributed by atoms with E-state index in [0.29, 0.717) is 39.2 Å². The van der Waals surface area contributed by atoms with Gasteiger partial charge in [-0.15, -0.1) is 0 Å². The van der Waals surface area contributed by atoms with Gasteiger partial charge in [-0.05, 0) is 61.2 Å². The minimum atomic E-state index is -0.388. The van der Waals surface area contributed by atoms with E-state index in [2.05, 4.69) is 11.1 Å². The molecule has 4 rings (SSSR count). The fourth-order valence-corrected chi connectivity index (χ4v) is 4.41. The highest BCUT2D eigenvalue weighted by atomic mass is 32.2. The fourth-order valence-electron chi connectivity index (χ4n) is 3.43. The molecule has 0 radical (unpaired) electrons. The topological polar surface area (TPSA) is 92.0 Å². The van der Waals surface area contributed by atoms with Gasteiger partial charge in [-0.2, -0.15) is 5.26 Å². The average molecular weight is 498 g/mol. The first kappa shape index (κ1) is 24.8. The fraction of sp³-hybridized carbons (Fsp3) is 0.143. The summed E-state index contributed by atoms with van der Waals surface area (Å²) < 4.78 is 11.0. The van der Waals surface area contributed by atoms with Crippen LogP contribution in [0.15, 0.2) is 82.7 Å². The maximum Gasteiger partial charge on any atom is 0.338 e. The molecule has 0 aliphatic carbocycles. The van der Waals surface area contributed by atoms with E-state index in [1.54, 1.807) is 50.4 Å². The van der Waals surface area contributed by atoms with E-state index in [-0.39, 0.29) is 18.5 Å². The molecule has 1 heterocycles. The van der Waals surface area contributed by atoms with Gasteiger partial charge in [0.25, 0.3) is 5.91 Å². The Balaban J connectivity index is 1.53. The highest BCUT2D eigenvalue weighted by Gasteiger charge is 2.30. The van der Waals surface area contributed by atoms with Gasteiger partial charge in [0.2, 0.25) is 0 Å². The maximum absolute atomic E-state index is 12.9. The number of carbonyl (C=O) groups is 2. The van der Waals surface area contributed by atoms with Crippen LogP contribution in [0.5, 0.6) is 5.75 Å². The molecule has 7 nitrogen and oxygen atoms in total. The van der Waals surface area contributed by atoms with Gasteiger partial charge in [-0.25, -0.2) is 9.79 Å². The van der Waals surface area contributed by atoms with Gasteiger partial charge in [0, 0.05) is 18.2 Å². The molecule has 1 saturated heterocycles. The number of para-hydroxylation sites is 1. The first-order valence-electron chi connectivity index (χ1n) is 11.2. The molecule has 0 unspecified atom stereocenters. The normalized spacial score (nSPS) is 15.2. The highest BCUT2D eigenvalue weighted by Crippen LogP contribution is 2.35. The number of thioether (sulfide) groups is 1. The molecule has 0 N–H and O–H groups in total. The van der Waals surface area contributed by atoms with Crippen LogP contribution < -0.4 is 4.74 Å². The molecule has 0 spiro atoms. The van der Waals surface area contributed by atoms with Crippen molar-refractivity contribution in [3.63, 3.8) is 0 Å². The molecular weight excluding hydrogens is 474 g/mol. The number of likely N-dealkylation sites (N-methyl/N-ethyl adjacent to an activating group) is 1. The summed E-state index contributed by atoms with van der Waals surface area (Å²) in [5.74, 6) is 0.0433. The second-order valence-electron chi connectivity index (χ2n) is 7.73. The number of nitrogens with zero attached hydrogens (tertiary/aromatic N) is 3. The van der Waals surface area contributed by atoms with E-state index in [0.717, 1.165) is 11.1 Å². The Labute approximate surface area is 213 Å². The van der Waals surface area contributed by atoms with Crippen LogP contribution in [0, 0.1) is 11.3 Å². The van der Waals surface area contributed by atoms with E-state index < -0.39 is 0 Å². The number of amidine groups is 1. The second kappa shape index (κ2) is 11.4. The van der Waals surface area contributed by atoms with Gasteiger partial charge in [0.1, 0.15) is 12.4 Å². The van der Waals surface area contributed by atoms with Crippen LogP contribution in [-0.2, 0) is 16.1 Å². The van der Waals surface area contributed by atoms with Crippen molar-refractivity contribution in [1.29, 1.82) is 5.26 Å². The summed E-state index contributed by atoms with van der Waals surface area (Å²) in [4.78, 5) is 31.3. The monoisotopic (exact) mass is 497 g/mol. The first-order chi connectivity index (χ1) is 17.5. The van der Waals surface area contributed by atoms with E-state index in [1.807, 2.05) is 42.5 Å². The van der Waals surface area contributed by atoms with Crippen LogP contribution in [0.1, 0.15) is 34.0 Å². The van der Waals surface area contributed by atoms with Gasteiger partial charge in [-0.3, -0.25) is 9.69 Å². The molecule has 1 aliphatic rings. The molecule has 36 heavy (non-hydrogen) atoms. The van der Waals surface area contributed by atoms with Gasteiger partial charge in [-0.1, -0.05) is 36.4 Å². The number of amides is 1. The molecule has 8 heteroatoms. The van der Waals surface area contributed by atoms with Gasteiger partial charge in [0.05, 0.1) is 34.4 Å². The Kier molecular flexibility index (Phi) is 7.83. The van der Waals surface area contributed by atoms with E-state index in [1.165, 1.54) is 16.7 Å². The predicted octanol–water partition coefficient (Wildman–Crippen LogP) is 5.55. The summed E-state index contributed by atoms with van der Waals surface area (Å²) in [5, 5.41) is 9.84. The molecule has 3 aromatic rings. The lowest BCUT2D eigenvalue weighted by Crippen LogP contribution is -2.23. The Hall–Kier alpha value is -4.35. The standard InChI is InChI=1S/C28H23N3O4S/c1-3-34-27(33)19-12-14-23(15-13-19)30-28-31(2)26(32)25(36-28)16-20-8-6-7-11-24(20)35-18-22-10-5-4-9-21(22)17-29/h4-16H,3,18H2,1-2H3/b25-16+,30-28?. The molecule has 1 fully saturated rings. The Morgan fingerprint density at radius 2 is 1.81 bits per heavy atom. The number of aliphatic imine (C=N–C) groups is 1. The number of nitriles is 1. The number of carbonyl (C=O) groups excluding carboxylic acids is 2. The van der Waals surface area contributed by atoms with Crippen LogP contribution in [0.4, 0.5) is 5.69 Å². The van der Waals surface area contributed by atoms with Crippen molar-refractivity contribution < 1.29 is 19.1 Å². The molecule has 0 saturated carbocycles. The molecule has 1 amide bonds. The zero-order valence-corrected chi connectivity index (χ0v) is 20.6. The van der Waals surface area contributed by atoms with Crippen molar-refractivity contribution in [1.82, 2.24) is 4.90 Å². The lowest BCUT2D eigenvalue weighted by atomic mass is 10.1. The molecule has 0 atom stereocenters. The number of ether oxygens (including phenoxy) is 2. The third kappa shape index (κ3) is 5.65. The summed E-state index contributed by atoms with van der Waals surface area (Å²) in [6, 6.07) is 23.6. The Bertz CT molecular complexity index is 1390. The quantitative estimate of drug-likeness (QED) is 0.314. The number of esters is 1. The average Bonchev–Trinajstić information content (AvgIpc) is 3.16. The van der Waals surface area contributed by atoms with Crippen molar-refractivity contribution in [3.8, 4) is 11.8 Å². The number of rotatable bonds is 7. The van der Waals surface area contributed by atoms with Crippen LogP contribution in [0.3, 0.4) is 0 Å². The second-order valence-corrected chi connectivity index (χ2v) is 8.74. The smallest absolute Gasteiger partial charge is 0.338 e. The molecule has 0 aromatic heterocycles. The Morgan fingerprint density at radius 3 is 2.56 bits per heavy atom. The first-order valence-corrected chi connectivity index (χ1v) is 12.0. The van der Waals surface area contributed by atoms with Crippen LogP contribution in [0.2, 0.25) is 0 Å². The summed E-state index contributed by atoms with van der Waals surface area (Å²) in [6.45, 7) is 2.30. The van der Waals surface area contributed by atoms with E-state index in [9.17, 15) is 14.9 Å². The van der Waals surface area contributed by atoms with Crippen molar-refractivity contribution in [2.45, 2.75) is 13.5 Å². The summed E-state index contributed by atoms with van der Waals surface area (Å²) in [5.41, 5.74) is 3.16. The molecule has 3 aromatic carbocycles. The predicted molar refractivity (Wildman–Crippen MR) is 140 cm³/mol. The van der Waals surface area contributed by atoms with E-state index in [4.69, 9.17) is 9.47 Å². The largest absolute Gasteiger partial charge is 0.488 e. The molecule has 0 bridgehead atoms. The summed E-state index contributed by atoms with van der Waals surface area (Å²) >= 11 is 1.26. The third-order valence-corrected chi connectivity index (χ3v) is 6.39. The molecule has 1 aliphatic heterocycles. The summed E-state index contributed by atoms with van der Waals surface area (Å²) in [7, 11) is 1.67. The molecular formula is C28H23N3O4S. The maximum atomic E-state index is 12.9. The van der Waals surface area contributed by atoms with Crippen LogP contribution >= 0.6 is 11.8 Å². The van der Waals surface area contributed by atoms with E-state index >= 15 is 0 Å². The van der Waals surface area contributed by atoms with Crippen molar-refractivity contribution in [2.75, 3.05) is 13.7 Å². The number of hydrogen-bond acceptors (Lipinski definition) is 7. The van der Waals surface area contributed by atoms with Gasteiger partial charge >= 0.3 is 5.97 Å². The lowest BCUT2D eigenvalue weighted by molar-refractivity contribution is -0.121. The van der Waals surface area contributed by atoms with Crippen molar-refractivity contribution in [2.24, 2.45) is 4.99 Å². The summed E-state index contributed by atoms with van der Waals surface area (Å²) in [6.07, 6.45) is 1.78. The van der Waals surface area contributed by atoms with Crippen molar-refractivity contribution >= 4 is 40.6 Å². The lowest BCUT2D eigenvalue weighted by Gasteiger charge is -2.10. The SMILES string of the molecule is CCOC(=O)c1ccc(N=C2S/C(=C/c3ccccc3OCc3ccccc3C#N)C(=O)N2C)cc1. The van der Waals surface area contributed by atoms with Crippen LogP contribution in [-0.4, -0.2) is 35.6 Å². The minimum absolute atomic E-state index is 0.175. The number of hydrogen-bond donors (Lipinski definition) is 0. The van der Waals surface area contributed by atoms with Crippen molar-refractivity contribution in [3.05, 3.63) is 100.0 Å². The van der Waals surface area contributed by atoms with Crippen LogP contribution in [0.25, 0.3) is 6.08 Å². The number of benzene rings is 3. The third-order valence-electron chi connectivity index (χ3n) is 5.33.